The highest BCUT2D eigenvalue weighted by Crippen LogP contribution is 2.28. The molecule has 0 saturated heterocycles. The zero-order valence-electron chi connectivity index (χ0n) is 17.3. The summed E-state index contributed by atoms with van der Waals surface area (Å²) in [5.74, 6) is 0.953. The third kappa shape index (κ3) is 3.64. The minimum Gasteiger partial charge on any atom is -0.466 e. The number of benzene rings is 1. The summed E-state index contributed by atoms with van der Waals surface area (Å²) in [6.45, 7) is 3.77. The van der Waals surface area contributed by atoms with Gasteiger partial charge in [-0.2, -0.15) is 0 Å². The first-order valence-corrected chi connectivity index (χ1v) is 10.6. The molecule has 0 unspecified atom stereocenters. The number of carbonyl (C=O) groups excluding carboxylic acids is 1. The van der Waals surface area contributed by atoms with Crippen LogP contribution in [0, 0.1) is 13.8 Å². The van der Waals surface area contributed by atoms with Gasteiger partial charge in [0.15, 0.2) is 12.3 Å². The van der Waals surface area contributed by atoms with Gasteiger partial charge in [0.25, 0.3) is 5.91 Å². The number of imidazole rings is 1. The fraction of sp³-hybridized carbons (Fsp3) is 0.182. The number of fused-ring (bicyclic) bond motifs is 2. The standard InChI is InChI=1S/C22H20N6O2S/c1-12-9-13(2)23-21-19(12)22(27-28(21)3)30-11-18(29)24-14-6-7-15-16(10-14)26-20(25-15)17-5-4-8-31-17/h4-10H,11H2,1-3H3,(H,24,29)(H,25,26). The van der Waals surface area contributed by atoms with E-state index in [0.717, 1.165) is 44.0 Å². The number of hydrogen-bond acceptors (Lipinski definition) is 6. The molecule has 0 atom stereocenters. The number of aromatic amines is 1. The average Bonchev–Trinajstić information content (AvgIpc) is 3.45. The molecule has 0 aliphatic carbocycles. The number of anilines is 1. The molecule has 0 fully saturated rings. The van der Waals surface area contributed by atoms with Gasteiger partial charge in [0.2, 0.25) is 5.88 Å². The molecule has 1 aromatic carbocycles. The number of pyridine rings is 1. The molecule has 0 spiro atoms. The topological polar surface area (TPSA) is 97.7 Å². The molecule has 4 heterocycles. The van der Waals surface area contributed by atoms with E-state index in [0.29, 0.717) is 11.6 Å². The highest BCUT2D eigenvalue weighted by atomic mass is 32.1. The van der Waals surface area contributed by atoms with Crippen LogP contribution in [0.4, 0.5) is 5.69 Å². The van der Waals surface area contributed by atoms with Crippen LogP contribution in [0.25, 0.3) is 32.8 Å². The largest absolute Gasteiger partial charge is 0.466 e. The Labute approximate surface area is 181 Å². The smallest absolute Gasteiger partial charge is 0.262 e. The van der Waals surface area contributed by atoms with Crippen molar-refractivity contribution < 1.29 is 9.53 Å². The van der Waals surface area contributed by atoms with E-state index in [2.05, 4.69) is 25.4 Å². The highest BCUT2D eigenvalue weighted by Gasteiger charge is 2.16. The molecule has 5 rings (SSSR count). The van der Waals surface area contributed by atoms with E-state index in [1.165, 1.54) is 0 Å². The fourth-order valence-corrected chi connectivity index (χ4v) is 4.27. The van der Waals surface area contributed by atoms with Gasteiger partial charge in [0.05, 0.1) is 21.3 Å². The van der Waals surface area contributed by atoms with Crippen molar-refractivity contribution in [2.45, 2.75) is 13.8 Å². The van der Waals surface area contributed by atoms with Gasteiger partial charge in [0, 0.05) is 18.4 Å². The predicted octanol–water partition coefficient (Wildman–Crippen LogP) is 4.21. The minimum atomic E-state index is -0.270. The number of rotatable bonds is 5. The molecule has 9 heteroatoms. The zero-order valence-corrected chi connectivity index (χ0v) is 18.1. The van der Waals surface area contributed by atoms with Crippen molar-refractivity contribution in [1.82, 2.24) is 24.7 Å². The summed E-state index contributed by atoms with van der Waals surface area (Å²) >= 11 is 1.62. The Balaban J connectivity index is 1.31. The van der Waals surface area contributed by atoms with Crippen LogP contribution in [0.5, 0.6) is 5.88 Å². The lowest BCUT2D eigenvalue weighted by Gasteiger charge is -2.07. The van der Waals surface area contributed by atoms with Crippen molar-refractivity contribution in [2.24, 2.45) is 7.05 Å². The van der Waals surface area contributed by atoms with Gasteiger partial charge in [-0.3, -0.25) is 4.79 Å². The number of aromatic nitrogens is 5. The Morgan fingerprint density at radius 1 is 1.23 bits per heavy atom. The summed E-state index contributed by atoms with van der Waals surface area (Å²) in [6, 6.07) is 11.5. The first-order valence-electron chi connectivity index (χ1n) is 9.75. The first-order chi connectivity index (χ1) is 15.0. The van der Waals surface area contributed by atoms with E-state index in [9.17, 15) is 4.79 Å². The quantitative estimate of drug-likeness (QED) is 0.434. The van der Waals surface area contributed by atoms with Gasteiger partial charge in [-0.05, 0) is 55.1 Å². The third-order valence-corrected chi connectivity index (χ3v) is 5.82. The Morgan fingerprint density at radius 3 is 2.90 bits per heavy atom. The third-order valence-electron chi connectivity index (χ3n) is 4.95. The molecule has 0 bridgehead atoms. The molecule has 31 heavy (non-hydrogen) atoms. The SMILES string of the molecule is Cc1cc(C)c2c(OCC(=O)Nc3ccc4nc(-c5cccs5)[nH]c4c3)nn(C)c2n1. The lowest BCUT2D eigenvalue weighted by atomic mass is 10.2. The predicted molar refractivity (Wildman–Crippen MR) is 122 cm³/mol. The van der Waals surface area contributed by atoms with E-state index in [4.69, 9.17) is 4.74 Å². The number of carbonyl (C=O) groups is 1. The number of amides is 1. The number of aryl methyl sites for hydroxylation is 3. The summed E-state index contributed by atoms with van der Waals surface area (Å²) in [5.41, 5.74) is 5.03. The zero-order chi connectivity index (χ0) is 21.5. The lowest BCUT2D eigenvalue weighted by Crippen LogP contribution is -2.20. The van der Waals surface area contributed by atoms with E-state index in [1.54, 1.807) is 16.0 Å². The Morgan fingerprint density at radius 2 is 2.10 bits per heavy atom. The van der Waals surface area contributed by atoms with E-state index >= 15 is 0 Å². The van der Waals surface area contributed by atoms with Crippen LogP contribution in [0.15, 0.2) is 41.8 Å². The summed E-state index contributed by atoms with van der Waals surface area (Å²) in [5, 5.41) is 10.1. The summed E-state index contributed by atoms with van der Waals surface area (Å²) in [7, 11) is 1.81. The second-order valence-corrected chi connectivity index (χ2v) is 8.29. The van der Waals surface area contributed by atoms with Crippen LogP contribution in [-0.4, -0.2) is 37.2 Å². The number of nitrogens with zero attached hydrogens (tertiary/aromatic N) is 4. The molecule has 8 nitrogen and oxygen atoms in total. The number of hydrogen-bond donors (Lipinski definition) is 2. The maximum Gasteiger partial charge on any atom is 0.262 e. The normalized spacial score (nSPS) is 11.3. The highest BCUT2D eigenvalue weighted by molar-refractivity contribution is 7.13. The Bertz CT molecular complexity index is 1420. The van der Waals surface area contributed by atoms with Gasteiger partial charge >= 0.3 is 0 Å². The fourth-order valence-electron chi connectivity index (χ4n) is 3.60. The van der Waals surface area contributed by atoms with Crippen LogP contribution >= 0.6 is 11.3 Å². The van der Waals surface area contributed by atoms with Crippen molar-refractivity contribution in [3.63, 3.8) is 0 Å². The van der Waals surface area contributed by atoms with Gasteiger partial charge < -0.3 is 15.0 Å². The monoisotopic (exact) mass is 432 g/mol. The van der Waals surface area contributed by atoms with Crippen LogP contribution < -0.4 is 10.1 Å². The minimum absolute atomic E-state index is 0.152. The van der Waals surface area contributed by atoms with E-state index in [1.807, 2.05) is 62.7 Å². The van der Waals surface area contributed by atoms with Gasteiger partial charge in [-0.1, -0.05) is 6.07 Å². The van der Waals surface area contributed by atoms with Crippen LogP contribution in [0.1, 0.15) is 11.3 Å². The second-order valence-electron chi connectivity index (χ2n) is 7.34. The summed E-state index contributed by atoms with van der Waals surface area (Å²) in [4.78, 5) is 26.0. The molecular formula is C22H20N6O2S. The number of thiophene rings is 1. The van der Waals surface area contributed by atoms with E-state index < -0.39 is 0 Å². The van der Waals surface area contributed by atoms with Gasteiger partial charge in [-0.15, -0.1) is 16.4 Å². The molecule has 4 aromatic heterocycles. The van der Waals surface area contributed by atoms with Crippen molar-refractivity contribution >= 4 is 45.0 Å². The van der Waals surface area contributed by atoms with Gasteiger partial charge in [-0.25, -0.2) is 14.6 Å². The molecule has 156 valence electrons. The number of H-pyrrole nitrogens is 1. The van der Waals surface area contributed by atoms with Crippen molar-refractivity contribution in [3.8, 4) is 16.6 Å². The van der Waals surface area contributed by atoms with Crippen molar-refractivity contribution in [3.05, 3.63) is 53.0 Å². The maximum absolute atomic E-state index is 12.5. The molecule has 0 aliphatic rings. The second kappa shape index (κ2) is 7.51. The molecule has 0 aliphatic heterocycles. The molecule has 5 aromatic rings. The molecule has 0 saturated carbocycles. The Hall–Kier alpha value is -3.72. The lowest BCUT2D eigenvalue weighted by molar-refractivity contribution is -0.118. The molecule has 1 amide bonds. The molecular weight excluding hydrogens is 412 g/mol. The summed E-state index contributed by atoms with van der Waals surface area (Å²) in [6.07, 6.45) is 0. The Kier molecular flexibility index (Phi) is 4.67. The molecule has 2 N–H and O–H groups in total. The van der Waals surface area contributed by atoms with Crippen molar-refractivity contribution in [1.29, 1.82) is 0 Å². The summed E-state index contributed by atoms with van der Waals surface area (Å²) < 4.78 is 7.40. The number of ether oxygens (including phenoxy) is 1. The van der Waals surface area contributed by atoms with Gasteiger partial charge in [0.1, 0.15) is 5.82 Å². The van der Waals surface area contributed by atoms with Crippen LogP contribution in [0.2, 0.25) is 0 Å². The van der Waals surface area contributed by atoms with Crippen molar-refractivity contribution in [2.75, 3.05) is 11.9 Å². The first kappa shape index (κ1) is 19.3. The van der Waals surface area contributed by atoms with Crippen LogP contribution in [-0.2, 0) is 11.8 Å². The van der Waals surface area contributed by atoms with E-state index in [-0.39, 0.29) is 12.5 Å². The number of nitrogens with one attached hydrogen (secondary N) is 2. The maximum atomic E-state index is 12.5. The average molecular weight is 433 g/mol. The van der Waals surface area contributed by atoms with Crippen LogP contribution in [0.3, 0.4) is 0 Å². The molecule has 0 radical (unpaired) electrons.